The molecule has 1 heterocycles. The van der Waals surface area contributed by atoms with Gasteiger partial charge in [0.2, 0.25) is 0 Å². The Hall–Kier alpha value is -2.59. The molecule has 1 N–H and O–H groups in total. The van der Waals surface area contributed by atoms with Crippen LogP contribution in [-0.4, -0.2) is 15.5 Å². The maximum Gasteiger partial charge on any atom is 0.323 e. The van der Waals surface area contributed by atoms with Gasteiger partial charge >= 0.3 is 10.2 Å². The van der Waals surface area contributed by atoms with Gasteiger partial charge in [-0.05, 0) is 66.6 Å². The summed E-state index contributed by atoms with van der Waals surface area (Å²) in [6.07, 6.45) is 3.01. The van der Waals surface area contributed by atoms with Crippen molar-refractivity contribution in [3.05, 3.63) is 47.3 Å². The van der Waals surface area contributed by atoms with Gasteiger partial charge in [-0.2, -0.15) is 13.7 Å². The number of hydrogen-bond donors (Lipinski definition) is 1. The Morgan fingerprint density at radius 2 is 2.08 bits per heavy atom. The van der Waals surface area contributed by atoms with E-state index in [4.69, 9.17) is 5.26 Å². The fourth-order valence-electron chi connectivity index (χ4n) is 3.14. The molecule has 0 aromatic heterocycles. The van der Waals surface area contributed by atoms with Crippen LogP contribution in [0.2, 0.25) is 0 Å². The number of nitrogens with zero attached hydrogens (tertiary/aromatic N) is 2. The van der Waals surface area contributed by atoms with Gasteiger partial charge in [-0.25, -0.2) is 4.39 Å². The van der Waals surface area contributed by atoms with Gasteiger partial charge in [0.05, 0.1) is 23.0 Å². The highest BCUT2D eigenvalue weighted by atomic mass is 32.2. The van der Waals surface area contributed by atoms with Gasteiger partial charge in [0.1, 0.15) is 5.82 Å². The van der Waals surface area contributed by atoms with Crippen molar-refractivity contribution in [3.8, 4) is 17.2 Å². The molecule has 0 radical (unpaired) electrons. The summed E-state index contributed by atoms with van der Waals surface area (Å²) in [4.78, 5) is 0. The highest BCUT2D eigenvalue weighted by molar-refractivity contribution is 7.94. The van der Waals surface area contributed by atoms with E-state index in [1.807, 2.05) is 12.1 Å². The number of halogens is 1. The normalized spacial score (nSPS) is 17.7. The number of rotatable bonds is 3. The van der Waals surface area contributed by atoms with Crippen LogP contribution in [0.15, 0.2) is 30.3 Å². The Morgan fingerprint density at radius 3 is 2.76 bits per heavy atom. The lowest BCUT2D eigenvalue weighted by Crippen LogP contribution is -2.25. The lowest BCUT2D eigenvalue weighted by molar-refractivity contribution is 0.601. The molecule has 2 aromatic rings. The van der Waals surface area contributed by atoms with Crippen LogP contribution in [-0.2, 0) is 16.6 Å². The summed E-state index contributed by atoms with van der Waals surface area (Å²) in [5.74, 6) is 0.109. The van der Waals surface area contributed by atoms with Gasteiger partial charge in [0, 0.05) is 12.6 Å². The van der Waals surface area contributed by atoms with Crippen molar-refractivity contribution in [1.29, 1.82) is 5.26 Å². The van der Waals surface area contributed by atoms with E-state index < -0.39 is 16.0 Å². The van der Waals surface area contributed by atoms with E-state index in [-0.39, 0.29) is 0 Å². The molecular weight excluding hydrogens is 341 g/mol. The molecule has 1 aliphatic heterocycles. The molecule has 0 amide bonds. The van der Waals surface area contributed by atoms with E-state index in [1.165, 1.54) is 29.6 Å². The van der Waals surface area contributed by atoms with Gasteiger partial charge in [0.15, 0.2) is 0 Å². The topological polar surface area (TPSA) is 73.2 Å². The maximum absolute atomic E-state index is 14.3. The third kappa shape index (κ3) is 2.72. The second-order valence-corrected chi connectivity index (χ2v) is 8.26. The molecule has 5 nitrogen and oxygen atoms in total. The molecule has 0 bridgehead atoms. The fourth-order valence-corrected chi connectivity index (χ4v) is 4.18. The van der Waals surface area contributed by atoms with Crippen LogP contribution in [0.1, 0.15) is 24.0 Å². The largest absolute Gasteiger partial charge is 0.323 e. The van der Waals surface area contributed by atoms with Crippen LogP contribution in [0, 0.1) is 23.1 Å². The third-order valence-electron chi connectivity index (χ3n) is 4.74. The van der Waals surface area contributed by atoms with Gasteiger partial charge in [0.25, 0.3) is 0 Å². The number of nitriles is 1. The number of nitrogens with one attached hydrogen (secondary N) is 1. The Balaban J connectivity index is 1.91. The molecule has 0 atom stereocenters. The number of hydrogen-bond acceptors (Lipinski definition) is 3. The lowest BCUT2D eigenvalue weighted by Gasteiger charge is -2.13. The van der Waals surface area contributed by atoms with Crippen molar-refractivity contribution in [2.24, 2.45) is 5.92 Å². The summed E-state index contributed by atoms with van der Waals surface area (Å²) >= 11 is 0. The lowest BCUT2D eigenvalue weighted by atomic mass is 9.96. The quantitative estimate of drug-likeness (QED) is 0.915. The molecule has 4 rings (SSSR count). The van der Waals surface area contributed by atoms with Gasteiger partial charge in [-0.3, -0.25) is 9.03 Å². The fraction of sp³-hybridized carbons (Fsp3) is 0.278. The number of benzene rings is 2. The van der Waals surface area contributed by atoms with E-state index in [9.17, 15) is 12.8 Å². The molecule has 128 valence electrons. The van der Waals surface area contributed by atoms with Crippen LogP contribution >= 0.6 is 0 Å². The summed E-state index contributed by atoms with van der Waals surface area (Å²) in [7, 11) is -2.13. The zero-order valence-electron chi connectivity index (χ0n) is 13.6. The summed E-state index contributed by atoms with van der Waals surface area (Å²) in [6.45, 7) is 0. The van der Waals surface area contributed by atoms with Crippen LogP contribution < -0.4 is 9.03 Å². The molecule has 0 unspecified atom stereocenters. The number of fused-ring (bicyclic) bond motifs is 1. The van der Waals surface area contributed by atoms with Crippen LogP contribution in [0.5, 0.6) is 0 Å². The minimum absolute atomic E-state index is 0.302. The van der Waals surface area contributed by atoms with Crippen LogP contribution in [0.4, 0.5) is 15.8 Å². The second kappa shape index (κ2) is 5.46. The molecular formula is C18H16FN3O2S. The van der Waals surface area contributed by atoms with Crippen molar-refractivity contribution < 1.29 is 12.8 Å². The maximum atomic E-state index is 14.3. The minimum atomic E-state index is -3.61. The highest BCUT2D eigenvalue weighted by Gasteiger charge is 2.34. The van der Waals surface area contributed by atoms with Crippen molar-refractivity contribution in [1.82, 2.24) is 0 Å². The van der Waals surface area contributed by atoms with E-state index >= 15 is 0 Å². The first-order valence-corrected chi connectivity index (χ1v) is 9.46. The summed E-state index contributed by atoms with van der Waals surface area (Å²) in [5, 5.41) is 9.08. The van der Waals surface area contributed by atoms with E-state index in [1.54, 1.807) is 6.07 Å². The highest BCUT2D eigenvalue weighted by Crippen LogP contribution is 2.44. The van der Waals surface area contributed by atoms with Crippen LogP contribution in [0.25, 0.3) is 11.1 Å². The second-order valence-electron chi connectivity index (χ2n) is 6.56. The molecule has 1 saturated carbocycles. The molecule has 2 aromatic carbocycles. The summed E-state index contributed by atoms with van der Waals surface area (Å²) in [5.41, 5.74) is 3.20. The average molecular weight is 357 g/mol. The third-order valence-corrected chi connectivity index (χ3v) is 6.12. The monoisotopic (exact) mass is 357 g/mol. The Kier molecular flexibility index (Phi) is 3.48. The van der Waals surface area contributed by atoms with Crippen molar-refractivity contribution in [3.63, 3.8) is 0 Å². The molecule has 25 heavy (non-hydrogen) atoms. The van der Waals surface area contributed by atoms with Crippen LogP contribution in [0.3, 0.4) is 0 Å². The van der Waals surface area contributed by atoms with Gasteiger partial charge in [-0.15, -0.1) is 0 Å². The molecule has 1 aliphatic carbocycles. The van der Waals surface area contributed by atoms with Crippen molar-refractivity contribution >= 4 is 21.6 Å². The Morgan fingerprint density at radius 1 is 1.32 bits per heavy atom. The number of anilines is 2. The van der Waals surface area contributed by atoms with E-state index in [2.05, 4.69) is 4.72 Å². The van der Waals surface area contributed by atoms with E-state index in [0.29, 0.717) is 34.0 Å². The van der Waals surface area contributed by atoms with Crippen molar-refractivity contribution in [2.75, 3.05) is 16.1 Å². The molecule has 1 fully saturated rings. The smallest absolute Gasteiger partial charge is 0.264 e. The summed E-state index contributed by atoms with van der Waals surface area (Å²) in [6, 6.07) is 9.68. The molecule has 0 saturated heterocycles. The Bertz CT molecular complexity index is 1020. The van der Waals surface area contributed by atoms with Crippen molar-refractivity contribution in [2.45, 2.75) is 19.3 Å². The zero-order valence-corrected chi connectivity index (χ0v) is 14.4. The van der Waals surface area contributed by atoms with Gasteiger partial charge < -0.3 is 0 Å². The first kappa shape index (κ1) is 15.9. The first-order chi connectivity index (χ1) is 11.9. The van der Waals surface area contributed by atoms with E-state index in [0.717, 1.165) is 24.8 Å². The SMILES string of the molecule is CN1c2cc(-c3cc(C#N)ccc3F)cc(CC3CC3)c2NS1(=O)=O. The minimum Gasteiger partial charge on any atom is -0.264 e. The zero-order chi connectivity index (χ0) is 17.8. The van der Waals surface area contributed by atoms with Gasteiger partial charge in [-0.1, -0.05) is 0 Å². The molecule has 0 spiro atoms. The predicted molar refractivity (Wildman–Crippen MR) is 93.9 cm³/mol. The first-order valence-electron chi connectivity index (χ1n) is 8.02. The predicted octanol–water partition coefficient (Wildman–Crippen LogP) is 3.42. The standard InChI is InChI=1S/C18H16FN3O2S/c1-22-17-9-13(15-7-12(10-20)4-5-16(15)19)8-14(6-11-2-3-11)18(17)21-25(22,23)24/h4-5,7-9,11,21H,2-3,6H2,1H3. The average Bonchev–Trinajstić information content (AvgIpc) is 3.36. The Labute approximate surface area is 145 Å². The molecule has 2 aliphatic rings. The molecule has 7 heteroatoms. The summed E-state index contributed by atoms with van der Waals surface area (Å²) < 4.78 is 42.5.